The highest BCUT2D eigenvalue weighted by Gasteiger charge is 2.08. The molecule has 0 N–H and O–H groups in total. The Bertz CT molecular complexity index is 494. The molecule has 1 aromatic rings. The van der Waals surface area contributed by atoms with Gasteiger partial charge in [-0.1, -0.05) is 0 Å². The van der Waals surface area contributed by atoms with E-state index in [9.17, 15) is 0 Å². The van der Waals surface area contributed by atoms with E-state index in [1.54, 1.807) is 0 Å². The summed E-state index contributed by atoms with van der Waals surface area (Å²) in [4.78, 5) is 8.05. The molecule has 0 spiro atoms. The summed E-state index contributed by atoms with van der Waals surface area (Å²) in [5.74, 6) is 0. The number of hydrogen-bond donors (Lipinski definition) is 0. The van der Waals surface area contributed by atoms with Gasteiger partial charge < -0.3 is 0 Å². The number of aryl methyl sites for hydroxylation is 1. The molecule has 0 unspecified atom stereocenters. The molecule has 1 rings (SSSR count). The van der Waals surface area contributed by atoms with Crippen LogP contribution in [0.25, 0.3) is 0 Å². The van der Waals surface area contributed by atoms with Crippen molar-refractivity contribution in [1.29, 1.82) is 0 Å². The minimum atomic E-state index is 0.836. The molecule has 0 amide bonds. The van der Waals surface area contributed by atoms with E-state index < -0.39 is 0 Å². The maximum absolute atomic E-state index is 4.61. The first-order valence-electron chi connectivity index (χ1n) is 4.38. The van der Waals surface area contributed by atoms with Crippen molar-refractivity contribution in [3.05, 3.63) is 22.8 Å². The topological polar surface area (TPSA) is 24.7 Å². The summed E-state index contributed by atoms with van der Waals surface area (Å²) in [5.41, 5.74) is 4.81. The average molecular weight is 234 g/mol. The number of thiocarbonyl (C=S) groups is 2. The van der Waals surface area contributed by atoms with Crippen LogP contribution in [0, 0.1) is 20.8 Å². The van der Waals surface area contributed by atoms with E-state index in [0.717, 1.165) is 28.1 Å². The summed E-state index contributed by atoms with van der Waals surface area (Å²) in [7, 11) is 0. The van der Waals surface area contributed by atoms with Crippen LogP contribution in [-0.2, 0) is 0 Å². The minimum Gasteiger partial charge on any atom is -0.194 e. The van der Waals surface area contributed by atoms with Gasteiger partial charge in [0.2, 0.25) is 0 Å². The van der Waals surface area contributed by atoms with Gasteiger partial charge in [-0.3, -0.25) is 0 Å². The third-order valence-electron chi connectivity index (χ3n) is 2.35. The molecule has 0 atom stereocenters. The van der Waals surface area contributed by atoms with Gasteiger partial charge in [-0.05, 0) is 68.0 Å². The van der Waals surface area contributed by atoms with Crippen LogP contribution in [0.1, 0.15) is 16.7 Å². The van der Waals surface area contributed by atoms with Crippen LogP contribution in [0.4, 0.5) is 11.4 Å². The van der Waals surface area contributed by atoms with Crippen molar-refractivity contribution >= 4 is 46.1 Å². The zero-order chi connectivity index (χ0) is 11.4. The Kier molecular flexibility index (Phi) is 4.01. The highest BCUT2D eigenvalue weighted by atomic mass is 32.1. The first-order chi connectivity index (χ1) is 7.11. The second-order valence-corrected chi connectivity index (χ2v) is 3.58. The van der Waals surface area contributed by atoms with Crippen molar-refractivity contribution in [1.82, 2.24) is 0 Å². The molecule has 0 saturated carbocycles. The van der Waals surface area contributed by atoms with E-state index in [4.69, 9.17) is 0 Å². The molecule has 0 aliphatic rings. The monoisotopic (exact) mass is 234 g/mol. The molecule has 15 heavy (non-hydrogen) atoms. The molecular formula is C11H10N2S2. The lowest BCUT2D eigenvalue weighted by Gasteiger charge is -2.09. The molecule has 0 fully saturated rings. The van der Waals surface area contributed by atoms with Crippen molar-refractivity contribution < 1.29 is 0 Å². The largest absolute Gasteiger partial charge is 0.194 e. The smallest absolute Gasteiger partial charge is 0.0802 e. The minimum absolute atomic E-state index is 0.836. The molecular weight excluding hydrogens is 224 g/mol. The summed E-state index contributed by atoms with van der Waals surface area (Å²) in [6, 6.07) is 1.92. The molecule has 2 nitrogen and oxygen atoms in total. The fraction of sp³-hybridized carbons (Fsp3) is 0.273. The summed E-state index contributed by atoms with van der Waals surface area (Å²) in [5, 5.41) is 4.76. The first-order valence-corrected chi connectivity index (χ1v) is 5.20. The van der Waals surface area contributed by atoms with Gasteiger partial charge in [0, 0.05) is 0 Å². The molecule has 0 aliphatic heterocycles. The second-order valence-electron chi connectivity index (χ2n) is 3.22. The lowest BCUT2D eigenvalue weighted by molar-refractivity contribution is 1.26. The summed E-state index contributed by atoms with van der Waals surface area (Å²) >= 11 is 9.21. The van der Waals surface area contributed by atoms with Crippen LogP contribution in [-0.4, -0.2) is 10.3 Å². The summed E-state index contributed by atoms with van der Waals surface area (Å²) in [6.07, 6.45) is 0. The fourth-order valence-corrected chi connectivity index (χ4v) is 1.62. The molecule has 0 heterocycles. The predicted octanol–water partition coefficient (Wildman–Crippen LogP) is 4.08. The molecule has 76 valence electrons. The standard InChI is InChI=1S/C11H10N2S2/c1-7-4-10(12-5-14)8(2)9(3)11(7)13-6-15/h4H,1-3H3. The second kappa shape index (κ2) is 5.06. The van der Waals surface area contributed by atoms with Crippen molar-refractivity contribution in [2.75, 3.05) is 0 Å². The average Bonchev–Trinajstić information content (AvgIpc) is 2.21. The molecule has 0 aliphatic carbocycles. The Morgan fingerprint density at radius 1 is 1.00 bits per heavy atom. The van der Waals surface area contributed by atoms with E-state index in [1.807, 2.05) is 26.8 Å². The van der Waals surface area contributed by atoms with Crippen molar-refractivity contribution in [3.8, 4) is 0 Å². The number of isothiocyanates is 2. The SMILES string of the molecule is Cc1cc(N=C=S)c(C)c(C)c1N=C=S. The van der Waals surface area contributed by atoms with Gasteiger partial charge >= 0.3 is 0 Å². The van der Waals surface area contributed by atoms with Crippen LogP contribution in [0.2, 0.25) is 0 Å². The number of rotatable bonds is 2. The zero-order valence-corrected chi connectivity index (χ0v) is 10.4. The van der Waals surface area contributed by atoms with Crippen molar-refractivity contribution in [3.63, 3.8) is 0 Å². The van der Waals surface area contributed by atoms with Gasteiger partial charge in [0.05, 0.1) is 21.7 Å². The van der Waals surface area contributed by atoms with E-state index >= 15 is 0 Å². The molecule has 0 radical (unpaired) electrons. The fourth-order valence-electron chi connectivity index (χ4n) is 1.43. The van der Waals surface area contributed by atoms with Gasteiger partial charge in [-0.25, -0.2) is 0 Å². The molecule has 0 aromatic heterocycles. The Labute approximate surface area is 99.8 Å². The van der Waals surface area contributed by atoms with Crippen LogP contribution in [0.5, 0.6) is 0 Å². The molecule has 0 bridgehead atoms. The van der Waals surface area contributed by atoms with Gasteiger partial charge in [0.1, 0.15) is 0 Å². The Balaban J connectivity index is 3.56. The third-order valence-corrected chi connectivity index (χ3v) is 2.53. The quantitative estimate of drug-likeness (QED) is 0.569. The summed E-state index contributed by atoms with van der Waals surface area (Å²) < 4.78 is 0. The molecule has 4 heteroatoms. The highest BCUT2D eigenvalue weighted by molar-refractivity contribution is 7.78. The zero-order valence-electron chi connectivity index (χ0n) is 8.79. The summed E-state index contributed by atoms with van der Waals surface area (Å²) in [6.45, 7) is 5.92. The van der Waals surface area contributed by atoms with Gasteiger partial charge in [0.25, 0.3) is 0 Å². The lowest BCUT2D eigenvalue weighted by Crippen LogP contribution is -1.86. The number of hydrogen-bond acceptors (Lipinski definition) is 4. The number of benzene rings is 1. The van der Waals surface area contributed by atoms with Crippen LogP contribution in [0.3, 0.4) is 0 Å². The number of aliphatic imine (C=N–C) groups is 2. The van der Waals surface area contributed by atoms with Gasteiger partial charge in [0.15, 0.2) is 0 Å². The maximum atomic E-state index is 4.61. The Morgan fingerprint density at radius 2 is 1.60 bits per heavy atom. The molecule has 1 aromatic carbocycles. The van der Waals surface area contributed by atoms with Crippen LogP contribution in [0.15, 0.2) is 16.1 Å². The van der Waals surface area contributed by atoms with Crippen LogP contribution < -0.4 is 0 Å². The van der Waals surface area contributed by atoms with Crippen LogP contribution >= 0.6 is 24.4 Å². The van der Waals surface area contributed by atoms with E-state index in [-0.39, 0.29) is 0 Å². The van der Waals surface area contributed by atoms with Crippen molar-refractivity contribution in [2.24, 2.45) is 9.98 Å². The first kappa shape index (κ1) is 11.9. The van der Waals surface area contributed by atoms with E-state index in [1.165, 1.54) is 0 Å². The number of nitrogens with zero attached hydrogens (tertiary/aromatic N) is 2. The highest BCUT2D eigenvalue weighted by Crippen LogP contribution is 2.32. The third kappa shape index (κ3) is 2.44. The maximum Gasteiger partial charge on any atom is 0.0802 e. The predicted molar refractivity (Wildman–Crippen MR) is 70.0 cm³/mol. The van der Waals surface area contributed by atoms with Gasteiger partial charge in [-0.2, -0.15) is 9.98 Å². The lowest BCUT2D eigenvalue weighted by atomic mass is 10.0. The van der Waals surface area contributed by atoms with E-state index in [0.29, 0.717) is 0 Å². The normalized spacial score (nSPS) is 9.00. The van der Waals surface area contributed by atoms with Gasteiger partial charge in [-0.15, -0.1) is 0 Å². The Hall–Kier alpha value is -1.18. The van der Waals surface area contributed by atoms with E-state index in [2.05, 4.69) is 44.7 Å². The molecule has 0 saturated heterocycles. The Morgan fingerprint density at radius 3 is 2.13 bits per heavy atom. The van der Waals surface area contributed by atoms with Crippen molar-refractivity contribution in [2.45, 2.75) is 20.8 Å².